The molecule has 2 aromatic carbocycles. The summed E-state index contributed by atoms with van der Waals surface area (Å²) in [6, 6.07) is 16.3. The van der Waals surface area contributed by atoms with Gasteiger partial charge in [0.25, 0.3) is 0 Å². The summed E-state index contributed by atoms with van der Waals surface area (Å²) in [4.78, 5) is 4.08. The van der Waals surface area contributed by atoms with Gasteiger partial charge in [-0.25, -0.2) is 0 Å². The molecule has 33 heavy (non-hydrogen) atoms. The molecule has 1 fully saturated rings. The zero-order chi connectivity index (χ0) is 22.9. The van der Waals surface area contributed by atoms with E-state index in [0.29, 0.717) is 12.5 Å². The summed E-state index contributed by atoms with van der Waals surface area (Å²) >= 11 is 9.67. The lowest BCUT2D eigenvalue weighted by atomic mass is 10.1. The van der Waals surface area contributed by atoms with Gasteiger partial charge in [0, 0.05) is 34.9 Å². The molecule has 0 radical (unpaired) electrons. The number of hydrogen-bond donors (Lipinski definition) is 2. The van der Waals surface area contributed by atoms with Gasteiger partial charge in [-0.05, 0) is 90.6 Å². The number of nitrogens with one attached hydrogen (secondary N) is 2. The Morgan fingerprint density at radius 3 is 2.76 bits per heavy atom. The molecule has 1 aromatic heterocycles. The average Bonchev–Trinajstić information content (AvgIpc) is 3.33. The minimum Gasteiger partial charge on any atom is -0.493 e. The molecule has 0 bridgehead atoms. The molecule has 1 aliphatic heterocycles. The van der Waals surface area contributed by atoms with Gasteiger partial charge in [0.1, 0.15) is 5.75 Å². The van der Waals surface area contributed by atoms with Crippen LogP contribution in [0.5, 0.6) is 5.75 Å². The highest BCUT2D eigenvalue weighted by Gasteiger charge is 2.13. The van der Waals surface area contributed by atoms with Crippen molar-refractivity contribution in [2.45, 2.75) is 19.4 Å². The van der Waals surface area contributed by atoms with E-state index in [4.69, 9.17) is 16.3 Å². The Bertz CT molecular complexity index is 1070. The van der Waals surface area contributed by atoms with Gasteiger partial charge in [0.2, 0.25) is 0 Å². The Morgan fingerprint density at radius 2 is 1.97 bits per heavy atom. The highest BCUT2D eigenvalue weighted by molar-refractivity contribution is 9.10. The number of aromatic nitrogens is 1. The molecule has 4 rings (SSSR count). The predicted octanol–water partition coefficient (Wildman–Crippen LogP) is 5.99. The first kappa shape index (κ1) is 24.0. The van der Waals surface area contributed by atoms with Crippen LogP contribution in [-0.2, 0) is 13.0 Å². The van der Waals surface area contributed by atoms with Crippen LogP contribution in [0, 0.1) is 5.92 Å². The Morgan fingerprint density at radius 1 is 1.09 bits per heavy atom. The minimum absolute atomic E-state index is 0.626. The van der Waals surface area contributed by atoms with Crippen molar-refractivity contribution in [2.24, 2.45) is 5.92 Å². The lowest BCUT2D eigenvalue weighted by Gasteiger charge is -2.13. The summed E-state index contributed by atoms with van der Waals surface area (Å²) < 4.78 is 7.12. The van der Waals surface area contributed by atoms with Gasteiger partial charge >= 0.3 is 0 Å². The zero-order valence-electron chi connectivity index (χ0n) is 18.6. The highest BCUT2D eigenvalue weighted by atomic mass is 79.9. The van der Waals surface area contributed by atoms with Gasteiger partial charge in [-0.1, -0.05) is 51.8 Å². The summed E-state index contributed by atoms with van der Waals surface area (Å²) in [6.45, 7) is 4.71. The third kappa shape index (κ3) is 7.68. The minimum atomic E-state index is 0.626. The molecular weight excluding hydrogens is 498 g/mol. The molecule has 2 heterocycles. The number of nitrogens with zero attached hydrogens (tertiary/aromatic N) is 1. The number of ether oxygens (including phenoxy) is 1. The summed E-state index contributed by atoms with van der Waals surface area (Å²) in [5, 5.41) is 7.77. The Balaban J connectivity index is 1.45. The Labute approximate surface area is 209 Å². The molecule has 172 valence electrons. The van der Waals surface area contributed by atoms with E-state index in [9.17, 15) is 0 Å². The zero-order valence-corrected chi connectivity index (χ0v) is 20.9. The third-order valence-corrected chi connectivity index (χ3v) is 6.66. The van der Waals surface area contributed by atoms with E-state index < -0.39 is 0 Å². The maximum atomic E-state index is 6.14. The summed E-state index contributed by atoms with van der Waals surface area (Å²) in [6.07, 6.45) is 9.95. The molecule has 6 heteroatoms. The first-order chi connectivity index (χ1) is 16.2. The third-order valence-electron chi connectivity index (χ3n) is 5.74. The largest absolute Gasteiger partial charge is 0.493 e. The second-order valence-electron chi connectivity index (χ2n) is 8.35. The van der Waals surface area contributed by atoms with Crippen LogP contribution >= 0.6 is 27.5 Å². The van der Waals surface area contributed by atoms with Crippen LogP contribution in [0.4, 0.5) is 0 Å². The molecule has 3 aromatic rings. The topological polar surface area (TPSA) is 46.2 Å². The molecule has 1 atom stereocenters. The predicted molar refractivity (Wildman–Crippen MR) is 141 cm³/mol. The first-order valence-electron chi connectivity index (χ1n) is 11.4. The van der Waals surface area contributed by atoms with Gasteiger partial charge in [0.15, 0.2) is 0 Å². The van der Waals surface area contributed by atoms with Crippen molar-refractivity contribution < 1.29 is 4.74 Å². The first-order valence-corrected chi connectivity index (χ1v) is 12.5. The second-order valence-corrected chi connectivity index (χ2v) is 9.64. The summed E-state index contributed by atoms with van der Waals surface area (Å²) in [5.41, 5.74) is 4.63. The summed E-state index contributed by atoms with van der Waals surface area (Å²) in [5.74, 6) is 1.60. The molecule has 0 amide bonds. The van der Waals surface area contributed by atoms with E-state index in [1.54, 1.807) is 0 Å². The smallest absolute Gasteiger partial charge is 0.120 e. The molecule has 0 spiro atoms. The SMILES string of the molecule is Clc1ccc(/C=C/c2cc(CNCC3CCNC3)cc(OCCc3ccncc3)c2)c(Br)c1. The van der Waals surface area contributed by atoms with Crippen LogP contribution < -0.4 is 15.4 Å². The van der Waals surface area contributed by atoms with Crippen molar-refractivity contribution in [3.05, 3.63) is 92.7 Å². The highest BCUT2D eigenvalue weighted by Crippen LogP contribution is 2.25. The van der Waals surface area contributed by atoms with Crippen molar-refractivity contribution in [2.75, 3.05) is 26.2 Å². The van der Waals surface area contributed by atoms with Crippen molar-refractivity contribution >= 4 is 39.7 Å². The quantitative estimate of drug-likeness (QED) is 0.319. The lowest BCUT2D eigenvalue weighted by molar-refractivity contribution is 0.321. The van der Waals surface area contributed by atoms with Gasteiger partial charge in [-0.15, -0.1) is 0 Å². The lowest BCUT2D eigenvalue weighted by Crippen LogP contribution is -2.24. The number of rotatable bonds is 10. The fraction of sp³-hybridized carbons (Fsp3) is 0.296. The van der Waals surface area contributed by atoms with Crippen molar-refractivity contribution in [3.63, 3.8) is 0 Å². The number of hydrogen-bond acceptors (Lipinski definition) is 4. The summed E-state index contributed by atoms with van der Waals surface area (Å²) in [7, 11) is 0. The van der Waals surface area contributed by atoms with Crippen molar-refractivity contribution in [1.82, 2.24) is 15.6 Å². The monoisotopic (exact) mass is 525 g/mol. The van der Waals surface area contributed by atoms with E-state index in [1.807, 2.05) is 42.7 Å². The maximum Gasteiger partial charge on any atom is 0.120 e. The normalized spacial score (nSPS) is 15.9. The van der Waals surface area contributed by atoms with Crippen molar-refractivity contribution in [3.8, 4) is 5.75 Å². The van der Waals surface area contributed by atoms with E-state index >= 15 is 0 Å². The van der Waals surface area contributed by atoms with E-state index in [1.165, 1.54) is 17.5 Å². The molecular formula is C27H29BrClN3O. The second kappa shape index (κ2) is 12.3. The number of halogens is 2. The van der Waals surface area contributed by atoms with Gasteiger partial charge < -0.3 is 15.4 Å². The average molecular weight is 527 g/mol. The molecule has 0 saturated carbocycles. The molecule has 4 nitrogen and oxygen atoms in total. The molecule has 1 aliphatic rings. The maximum absolute atomic E-state index is 6.14. The Kier molecular flexibility index (Phi) is 8.95. The van der Waals surface area contributed by atoms with E-state index in [0.717, 1.165) is 59.0 Å². The standard InChI is InChI=1S/C27H29BrClN3O/c28-27-16-25(29)4-3-24(27)2-1-21-13-23(19-32-18-22-7-11-31-17-22)15-26(14-21)33-12-8-20-5-9-30-10-6-20/h1-6,9-10,13-16,22,31-32H,7-8,11-12,17-19H2/b2-1+. The van der Waals surface area contributed by atoms with Crippen LogP contribution in [-0.4, -0.2) is 31.2 Å². The van der Waals surface area contributed by atoms with Crippen LogP contribution in [0.15, 0.2) is 65.4 Å². The van der Waals surface area contributed by atoms with E-state index in [2.05, 4.69) is 61.9 Å². The van der Waals surface area contributed by atoms with Gasteiger partial charge in [-0.3, -0.25) is 4.98 Å². The van der Waals surface area contributed by atoms with Crippen LogP contribution in [0.1, 0.15) is 28.7 Å². The Hall–Kier alpha value is -2.18. The van der Waals surface area contributed by atoms with E-state index in [-0.39, 0.29) is 0 Å². The van der Waals surface area contributed by atoms with Gasteiger partial charge in [0.05, 0.1) is 6.61 Å². The van der Waals surface area contributed by atoms with Crippen LogP contribution in [0.3, 0.4) is 0 Å². The number of pyridine rings is 1. The molecule has 1 unspecified atom stereocenters. The van der Waals surface area contributed by atoms with Crippen LogP contribution in [0.25, 0.3) is 12.2 Å². The number of benzene rings is 2. The van der Waals surface area contributed by atoms with Crippen LogP contribution in [0.2, 0.25) is 5.02 Å². The molecule has 0 aliphatic carbocycles. The fourth-order valence-corrected chi connectivity index (χ4v) is 4.75. The molecule has 1 saturated heterocycles. The van der Waals surface area contributed by atoms with Crippen molar-refractivity contribution in [1.29, 1.82) is 0 Å². The fourth-order valence-electron chi connectivity index (χ4n) is 3.94. The van der Waals surface area contributed by atoms with Gasteiger partial charge in [-0.2, -0.15) is 0 Å². The molecule has 2 N–H and O–H groups in total.